The molecular formula is C14H22N2O3. The van der Waals surface area contributed by atoms with Gasteiger partial charge < -0.3 is 19.8 Å². The predicted octanol–water partition coefficient (Wildman–Crippen LogP) is 2.07. The molecule has 0 saturated heterocycles. The molecule has 2 N–H and O–H groups in total. The third kappa shape index (κ3) is 3.50. The molecule has 1 amide bonds. The number of carbonyl (C=O) groups is 1. The fourth-order valence-electron chi connectivity index (χ4n) is 2.13. The zero-order chi connectivity index (χ0) is 14.0. The minimum Gasteiger partial charge on any atom is -0.464 e. The SMILES string of the molecule is CC(C)(C)OC(=O)N1CCc2cc(CCN)oc2C1. The lowest BCUT2D eigenvalue weighted by atomic mass is 10.1. The molecule has 1 aliphatic rings. The van der Waals surface area contributed by atoms with Crippen molar-refractivity contribution in [3.63, 3.8) is 0 Å². The van der Waals surface area contributed by atoms with Crippen LogP contribution in [0.5, 0.6) is 0 Å². The first-order valence-corrected chi connectivity index (χ1v) is 6.67. The van der Waals surface area contributed by atoms with E-state index in [0.29, 0.717) is 19.6 Å². The number of amides is 1. The number of fused-ring (bicyclic) bond motifs is 1. The molecular weight excluding hydrogens is 244 g/mol. The monoisotopic (exact) mass is 266 g/mol. The van der Waals surface area contributed by atoms with Crippen LogP contribution in [0, 0.1) is 0 Å². The Labute approximate surface area is 113 Å². The summed E-state index contributed by atoms with van der Waals surface area (Å²) in [4.78, 5) is 13.7. The number of furan rings is 1. The van der Waals surface area contributed by atoms with Crippen molar-refractivity contribution in [3.8, 4) is 0 Å². The number of hydrogen-bond donors (Lipinski definition) is 1. The van der Waals surface area contributed by atoms with Gasteiger partial charge in [-0.2, -0.15) is 0 Å². The molecule has 2 rings (SSSR count). The van der Waals surface area contributed by atoms with Crippen molar-refractivity contribution >= 4 is 6.09 Å². The van der Waals surface area contributed by atoms with Gasteiger partial charge in [-0.15, -0.1) is 0 Å². The van der Waals surface area contributed by atoms with E-state index < -0.39 is 5.60 Å². The van der Waals surface area contributed by atoms with Crippen LogP contribution in [0.2, 0.25) is 0 Å². The molecule has 0 atom stereocenters. The smallest absolute Gasteiger partial charge is 0.410 e. The summed E-state index contributed by atoms with van der Waals surface area (Å²) in [5.41, 5.74) is 6.24. The van der Waals surface area contributed by atoms with Gasteiger partial charge in [-0.25, -0.2) is 4.79 Å². The first-order chi connectivity index (χ1) is 8.89. The van der Waals surface area contributed by atoms with Crippen LogP contribution in [0.4, 0.5) is 4.79 Å². The van der Waals surface area contributed by atoms with Crippen LogP contribution in [0.3, 0.4) is 0 Å². The van der Waals surface area contributed by atoms with Crippen molar-refractivity contribution in [1.29, 1.82) is 0 Å². The van der Waals surface area contributed by atoms with E-state index in [-0.39, 0.29) is 6.09 Å². The topological polar surface area (TPSA) is 68.7 Å². The van der Waals surface area contributed by atoms with Crippen molar-refractivity contribution in [3.05, 3.63) is 23.2 Å². The summed E-state index contributed by atoms with van der Waals surface area (Å²) in [6.45, 7) is 7.33. The first-order valence-electron chi connectivity index (χ1n) is 6.67. The second-order valence-corrected chi connectivity index (χ2v) is 5.85. The van der Waals surface area contributed by atoms with Gasteiger partial charge >= 0.3 is 6.09 Å². The van der Waals surface area contributed by atoms with Crippen LogP contribution in [0.25, 0.3) is 0 Å². The Morgan fingerprint density at radius 2 is 2.26 bits per heavy atom. The maximum atomic E-state index is 12.0. The molecule has 0 aromatic carbocycles. The van der Waals surface area contributed by atoms with Gasteiger partial charge in [-0.05, 0) is 45.4 Å². The van der Waals surface area contributed by atoms with Crippen LogP contribution in [0.1, 0.15) is 37.9 Å². The Bertz CT molecular complexity index is 460. The lowest BCUT2D eigenvalue weighted by molar-refractivity contribution is 0.0208. The normalized spacial score (nSPS) is 15.3. The van der Waals surface area contributed by atoms with Crippen LogP contribution in [0.15, 0.2) is 10.5 Å². The molecule has 0 unspecified atom stereocenters. The summed E-state index contributed by atoms with van der Waals surface area (Å²) in [6, 6.07) is 2.05. The van der Waals surface area contributed by atoms with E-state index in [9.17, 15) is 4.79 Å². The number of carbonyl (C=O) groups excluding carboxylic acids is 1. The maximum Gasteiger partial charge on any atom is 0.410 e. The van der Waals surface area contributed by atoms with Crippen LogP contribution < -0.4 is 5.73 Å². The van der Waals surface area contributed by atoms with Gasteiger partial charge in [0.05, 0.1) is 6.54 Å². The Balaban J connectivity index is 2.03. The maximum absolute atomic E-state index is 12.0. The third-order valence-corrected chi connectivity index (χ3v) is 2.98. The van der Waals surface area contributed by atoms with Crippen LogP contribution >= 0.6 is 0 Å². The average molecular weight is 266 g/mol. The first kappa shape index (κ1) is 13.9. The summed E-state index contributed by atoms with van der Waals surface area (Å²) in [7, 11) is 0. The van der Waals surface area contributed by atoms with Gasteiger partial charge in [0, 0.05) is 13.0 Å². The number of hydrogen-bond acceptors (Lipinski definition) is 4. The van der Waals surface area contributed by atoms with Crippen LogP contribution in [-0.4, -0.2) is 29.7 Å². The molecule has 106 valence electrons. The molecule has 5 heteroatoms. The molecule has 0 aliphatic carbocycles. The molecule has 5 nitrogen and oxygen atoms in total. The molecule has 0 spiro atoms. The van der Waals surface area contributed by atoms with E-state index in [1.54, 1.807) is 4.90 Å². The lowest BCUT2D eigenvalue weighted by Gasteiger charge is -2.29. The second-order valence-electron chi connectivity index (χ2n) is 5.85. The average Bonchev–Trinajstić information content (AvgIpc) is 2.68. The van der Waals surface area contributed by atoms with Crippen molar-refractivity contribution in [2.45, 2.75) is 45.8 Å². The minimum atomic E-state index is -0.467. The standard InChI is InChI=1S/C14H22N2O3/c1-14(2,3)19-13(17)16-7-5-10-8-11(4-6-15)18-12(10)9-16/h8H,4-7,9,15H2,1-3H3. The van der Waals surface area contributed by atoms with E-state index in [2.05, 4.69) is 6.07 Å². The highest BCUT2D eigenvalue weighted by Gasteiger charge is 2.27. The molecule has 0 radical (unpaired) electrons. The summed E-state index contributed by atoms with van der Waals surface area (Å²) in [6.07, 6.45) is 1.26. The second kappa shape index (κ2) is 5.25. The molecule has 2 heterocycles. The highest BCUT2D eigenvalue weighted by Crippen LogP contribution is 2.24. The van der Waals surface area contributed by atoms with Gasteiger partial charge in [-0.1, -0.05) is 0 Å². The van der Waals surface area contributed by atoms with Crippen molar-refractivity contribution in [2.24, 2.45) is 5.73 Å². The molecule has 0 bridgehead atoms. The van der Waals surface area contributed by atoms with Crippen molar-refractivity contribution in [1.82, 2.24) is 4.90 Å². The van der Waals surface area contributed by atoms with Crippen LogP contribution in [-0.2, 0) is 24.1 Å². The largest absolute Gasteiger partial charge is 0.464 e. The molecule has 1 aliphatic heterocycles. The summed E-state index contributed by atoms with van der Waals surface area (Å²) in [5, 5.41) is 0. The molecule has 1 aromatic rings. The number of nitrogens with zero attached hydrogens (tertiary/aromatic N) is 1. The summed E-state index contributed by atoms with van der Waals surface area (Å²) in [5.74, 6) is 1.76. The Kier molecular flexibility index (Phi) is 3.85. The Morgan fingerprint density at radius 3 is 2.89 bits per heavy atom. The third-order valence-electron chi connectivity index (χ3n) is 2.98. The summed E-state index contributed by atoms with van der Waals surface area (Å²) >= 11 is 0. The van der Waals surface area contributed by atoms with Gasteiger partial charge in [0.1, 0.15) is 17.1 Å². The predicted molar refractivity (Wildman–Crippen MR) is 71.8 cm³/mol. The zero-order valence-electron chi connectivity index (χ0n) is 11.9. The van der Waals surface area contributed by atoms with Gasteiger partial charge in [-0.3, -0.25) is 0 Å². The number of rotatable bonds is 2. The van der Waals surface area contributed by atoms with E-state index in [0.717, 1.165) is 24.4 Å². The van der Waals surface area contributed by atoms with E-state index in [1.807, 2.05) is 20.8 Å². The Hall–Kier alpha value is -1.49. The van der Waals surface area contributed by atoms with Crippen molar-refractivity contribution < 1.29 is 13.9 Å². The van der Waals surface area contributed by atoms with E-state index in [1.165, 1.54) is 5.56 Å². The van der Waals surface area contributed by atoms with E-state index in [4.69, 9.17) is 14.9 Å². The molecule has 0 saturated carbocycles. The molecule has 0 fully saturated rings. The van der Waals surface area contributed by atoms with Gasteiger partial charge in [0.2, 0.25) is 0 Å². The minimum absolute atomic E-state index is 0.282. The summed E-state index contributed by atoms with van der Waals surface area (Å²) < 4.78 is 11.1. The van der Waals surface area contributed by atoms with Gasteiger partial charge in [0.25, 0.3) is 0 Å². The van der Waals surface area contributed by atoms with Gasteiger partial charge in [0.15, 0.2) is 0 Å². The fraction of sp³-hybridized carbons (Fsp3) is 0.643. The Morgan fingerprint density at radius 1 is 1.53 bits per heavy atom. The molecule has 19 heavy (non-hydrogen) atoms. The number of nitrogens with two attached hydrogens (primary N) is 1. The highest BCUT2D eigenvalue weighted by atomic mass is 16.6. The molecule has 1 aromatic heterocycles. The van der Waals surface area contributed by atoms with E-state index >= 15 is 0 Å². The number of ether oxygens (including phenoxy) is 1. The van der Waals surface area contributed by atoms with Crippen molar-refractivity contribution in [2.75, 3.05) is 13.1 Å². The fourth-order valence-corrected chi connectivity index (χ4v) is 2.13. The quantitative estimate of drug-likeness (QED) is 0.889. The zero-order valence-corrected chi connectivity index (χ0v) is 11.9. The highest BCUT2D eigenvalue weighted by molar-refractivity contribution is 5.68. The lowest BCUT2D eigenvalue weighted by Crippen LogP contribution is -2.39.